The Morgan fingerprint density at radius 1 is 0.926 bits per heavy atom. The molecule has 0 aromatic heterocycles. The van der Waals surface area contributed by atoms with Gasteiger partial charge in [0.05, 0.1) is 0 Å². The Kier molecular flexibility index (Phi) is 7.32. The van der Waals surface area contributed by atoms with Crippen molar-refractivity contribution in [1.29, 1.82) is 0 Å². The zero-order chi connectivity index (χ0) is 19.4. The third-order valence-electron chi connectivity index (χ3n) is 8.66. The lowest BCUT2D eigenvalue weighted by Gasteiger charge is -2.44. The van der Waals surface area contributed by atoms with Gasteiger partial charge in [-0.3, -0.25) is 0 Å². The molecule has 0 N–H and O–H groups in total. The van der Waals surface area contributed by atoms with Gasteiger partial charge in [0, 0.05) is 0 Å². The number of rotatable bonds is 6. The van der Waals surface area contributed by atoms with Gasteiger partial charge in [0.2, 0.25) is 0 Å². The molecule has 0 spiro atoms. The molecule has 0 nitrogen and oxygen atoms in total. The molecule has 0 saturated heterocycles. The van der Waals surface area contributed by atoms with Crippen molar-refractivity contribution >= 4 is 0 Å². The average molecular weight is 371 g/mol. The van der Waals surface area contributed by atoms with E-state index in [0.717, 1.165) is 29.6 Å². The third kappa shape index (κ3) is 4.91. The van der Waals surface area contributed by atoms with Gasteiger partial charge < -0.3 is 0 Å². The van der Waals surface area contributed by atoms with Gasteiger partial charge in [-0.25, -0.2) is 0 Å². The first kappa shape index (κ1) is 21.2. The Hall–Kier alpha value is -0.520. The van der Waals surface area contributed by atoms with E-state index in [4.69, 9.17) is 0 Å². The van der Waals surface area contributed by atoms with Crippen LogP contribution in [0.5, 0.6) is 0 Å². The van der Waals surface area contributed by atoms with Gasteiger partial charge in [0.1, 0.15) is 0 Å². The topological polar surface area (TPSA) is 0 Å². The summed E-state index contributed by atoms with van der Waals surface area (Å²) in [5.74, 6) is 4.43. The van der Waals surface area contributed by atoms with Crippen molar-refractivity contribution in [3.8, 4) is 0 Å². The van der Waals surface area contributed by atoms with E-state index in [-0.39, 0.29) is 0 Å². The SMILES string of the molecule is CC(C)CCC[C@@H](C)[C@H]1CC[C@H]2C(=CC=C3CCCC[C@@H]3C)CCC[C@]12C. The van der Waals surface area contributed by atoms with E-state index < -0.39 is 0 Å². The summed E-state index contributed by atoms with van der Waals surface area (Å²) >= 11 is 0. The monoisotopic (exact) mass is 370 g/mol. The van der Waals surface area contributed by atoms with Crippen LogP contribution < -0.4 is 0 Å². The Balaban J connectivity index is 1.68. The number of hydrogen-bond acceptors (Lipinski definition) is 0. The molecule has 0 aromatic rings. The second kappa shape index (κ2) is 9.32. The number of hydrogen-bond donors (Lipinski definition) is 0. The molecule has 0 radical (unpaired) electrons. The number of allylic oxidation sites excluding steroid dienone is 4. The fourth-order valence-corrected chi connectivity index (χ4v) is 6.94. The van der Waals surface area contributed by atoms with E-state index in [9.17, 15) is 0 Å². The van der Waals surface area contributed by atoms with Gasteiger partial charge >= 0.3 is 0 Å². The van der Waals surface area contributed by atoms with Crippen molar-refractivity contribution in [2.24, 2.45) is 35.0 Å². The molecule has 0 amide bonds. The van der Waals surface area contributed by atoms with Crippen molar-refractivity contribution in [2.45, 2.75) is 112 Å². The standard InChI is InChI=1S/C27H46/c1-20(2)10-8-12-22(4)25-17-18-26-24(14-9-19-27(25,26)5)16-15-23-13-7-6-11-21(23)3/h15-16,20-22,25-26H,6-14,17-19H2,1-5H3/t21-,22+,25+,26-,27+/m0/s1. The lowest BCUT2D eigenvalue weighted by Crippen LogP contribution is -2.36. The van der Waals surface area contributed by atoms with Crippen molar-refractivity contribution in [3.05, 3.63) is 23.3 Å². The van der Waals surface area contributed by atoms with Crippen LogP contribution >= 0.6 is 0 Å². The fourth-order valence-electron chi connectivity index (χ4n) is 6.94. The van der Waals surface area contributed by atoms with Crippen LogP contribution in [0.3, 0.4) is 0 Å². The summed E-state index contributed by atoms with van der Waals surface area (Å²) in [5.41, 5.74) is 4.13. The first-order valence-electron chi connectivity index (χ1n) is 12.3. The van der Waals surface area contributed by atoms with Crippen molar-refractivity contribution in [1.82, 2.24) is 0 Å². The molecule has 0 aromatic carbocycles. The molecule has 0 unspecified atom stereocenters. The maximum Gasteiger partial charge on any atom is -0.0143 e. The first-order valence-corrected chi connectivity index (χ1v) is 12.3. The van der Waals surface area contributed by atoms with Crippen LogP contribution in [0.25, 0.3) is 0 Å². The van der Waals surface area contributed by atoms with Gasteiger partial charge in [-0.2, -0.15) is 0 Å². The lowest BCUT2D eigenvalue weighted by molar-refractivity contribution is 0.0929. The lowest BCUT2D eigenvalue weighted by atomic mass is 9.60. The normalized spacial score (nSPS) is 38.5. The molecule has 0 aliphatic heterocycles. The van der Waals surface area contributed by atoms with Gasteiger partial charge in [-0.1, -0.05) is 83.6 Å². The smallest absolute Gasteiger partial charge is 0.0143 e. The third-order valence-corrected chi connectivity index (χ3v) is 8.66. The molecule has 3 saturated carbocycles. The minimum absolute atomic E-state index is 0.581. The Morgan fingerprint density at radius 2 is 1.67 bits per heavy atom. The Bertz CT molecular complexity index is 536. The van der Waals surface area contributed by atoms with Crippen LogP contribution in [-0.2, 0) is 0 Å². The van der Waals surface area contributed by atoms with Crippen molar-refractivity contribution in [3.63, 3.8) is 0 Å². The van der Waals surface area contributed by atoms with E-state index in [1.807, 2.05) is 5.57 Å². The van der Waals surface area contributed by atoms with E-state index >= 15 is 0 Å². The summed E-state index contributed by atoms with van der Waals surface area (Å²) < 4.78 is 0. The molecular weight excluding hydrogens is 324 g/mol. The minimum atomic E-state index is 0.581. The molecule has 27 heavy (non-hydrogen) atoms. The highest BCUT2D eigenvalue weighted by atomic mass is 14.5. The molecule has 3 aliphatic rings. The van der Waals surface area contributed by atoms with Crippen LogP contribution in [0.4, 0.5) is 0 Å². The van der Waals surface area contributed by atoms with Crippen LogP contribution in [0.15, 0.2) is 23.3 Å². The molecule has 3 aliphatic carbocycles. The summed E-state index contributed by atoms with van der Waals surface area (Å²) in [5, 5.41) is 0. The van der Waals surface area contributed by atoms with Crippen LogP contribution in [0, 0.1) is 35.0 Å². The number of fused-ring (bicyclic) bond motifs is 1. The van der Waals surface area contributed by atoms with Crippen LogP contribution in [-0.4, -0.2) is 0 Å². The molecule has 0 bridgehead atoms. The molecule has 0 heteroatoms. The predicted molar refractivity (Wildman–Crippen MR) is 120 cm³/mol. The average Bonchev–Trinajstić information content (AvgIpc) is 2.98. The second-order valence-corrected chi connectivity index (χ2v) is 11.0. The molecule has 0 heterocycles. The summed E-state index contributed by atoms with van der Waals surface area (Å²) in [7, 11) is 0. The van der Waals surface area contributed by atoms with Crippen molar-refractivity contribution in [2.75, 3.05) is 0 Å². The Labute approximate surface area is 170 Å². The maximum atomic E-state index is 2.66. The summed E-state index contributed by atoms with van der Waals surface area (Å²) in [6.45, 7) is 12.4. The van der Waals surface area contributed by atoms with Crippen LogP contribution in [0.2, 0.25) is 0 Å². The highest BCUT2D eigenvalue weighted by Crippen LogP contribution is 2.59. The second-order valence-electron chi connectivity index (χ2n) is 11.0. The van der Waals surface area contributed by atoms with Crippen LogP contribution in [0.1, 0.15) is 112 Å². The quantitative estimate of drug-likeness (QED) is 0.438. The zero-order valence-corrected chi connectivity index (χ0v) is 19.0. The van der Waals surface area contributed by atoms with Gasteiger partial charge in [0.15, 0.2) is 0 Å². The highest BCUT2D eigenvalue weighted by Gasteiger charge is 2.50. The molecular formula is C27H46. The highest BCUT2D eigenvalue weighted by molar-refractivity contribution is 5.26. The largest absolute Gasteiger partial charge is 0.0674 e. The van der Waals surface area contributed by atoms with Gasteiger partial charge in [0.25, 0.3) is 0 Å². The molecule has 3 rings (SSSR count). The zero-order valence-electron chi connectivity index (χ0n) is 19.0. The van der Waals surface area contributed by atoms with Gasteiger partial charge in [-0.05, 0) is 86.4 Å². The Morgan fingerprint density at radius 3 is 2.41 bits per heavy atom. The van der Waals surface area contributed by atoms with E-state index in [1.54, 1.807) is 5.57 Å². The van der Waals surface area contributed by atoms with E-state index in [0.29, 0.717) is 5.41 Å². The summed E-state index contributed by atoms with van der Waals surface area (Å²) in [6, 6.07) is 0. The van der Waals surface area contributed by atoms with E-state index in [1.165, 1.54) is 77.0 Å². The van der Waals surface area contributed by atoms with Gasteiger partial charge in [-0.15, -0.1) is 0 Å². The predicted octanol–water partition coefficient (Wildman–Crippen LogP) is 8.73. The maximum absolute atomic E-state index is 2.66. The minimum Gasteiger partial charge on any atom is -0.0674 e. The van der Waals surface area contributed by atoms with E-state index in [2.05, 4.69) is 46.8 Å². The summed E-state index contributed by atoms with van der Waals surface area (Å²) in [6.07, 6.45) is 22.3. The molecule has 154 valence electrons. The fraction of sp³-hybridized carbons (Fsp3) is 0.852. The molecule has 3 fully saturated rings. The summed E-state index contributed by atoms with van der Waals surface area (Å²) in [4.78, 5) is 0. The molecule has 5 atom stereocenters. The van der Waals surface area contributed by atoms with Crippen molar-refractivity contribution < 1.29 is 0 Å². The first-order chi connectivity index (χ1) is 12.9.